The number of nitrogens with one attached hydrogen (secondary N) is 1. The molecule has 146 valence electrons. The van der Waals surface area contributed by atoms with E-state index in [1.54, 1.807) is 24.3 Å². The third-order valence-electron chi connectivity index (χ3n) is 4.97. The van der Waals surface area contributed by atoms with Gasteiger partial charge in [-0.2, -0.15) is 0 Å². The lowest BCUT2D eigenvalue weighted by Gasteiger charge is -2.34. The number of carbonyl (C=O) groups excluding carboxylic acids is 1. The van der Waals surface area contributed by atoms with Gasteiger partial charge in [-0.15, -0.1) is 12.4 Å². The lowest BCUT2D eigenvalue weighted by molar-refractivity contribution is 0.0951. The average molecular weight is 389 g/mol. The van der Waals surface area contributed by atoms with Crippen LogP contribution >= 0.6 is 12.4 Å². The van der Waals surface area contributed by atoms with Crippen LogP contribution in [0, 0.1) is 0 Å². The Morgan fingerprint density at radius 3 is 2.07 bits per heavy atom. The summed E-state index contributed by atoms with van der Waals surface area (Å²) in [6.45, 7) is 9.47. The highest BCUT2D eigenvalue weighted by molar-refractivity contribution is 5.94. The van der Waals surface area contributed by atoms with Gasteiger partial charge >= 0.3 is 0 Å². The topological polar surface area (TPSA) is 61.6 Å². The van der Waals surface area contributed by atoms with Crippen molar-refractivity contribution in [3.63, 3.8) is 0 Å². The number of nitrogen functional groups attached to an aromatic ring is 1. The normalized spacial score (nSPS) is 15.1. The molecule has 3 rings (SSSR count). The maximum atomic E-state index is 12.1. The van der Waals surface area contributed by atoms with Crippen molar-refractivity contribution in [2.45, 2.75) is 20.0 Å². The van der Waals surface area contributed by atoms with E-state index in [2.05, 4.69) is 46.3 Å². The molecule has 0 spiro atoms. The number of nitrogens with two attached hydrogens (primary N) is 1. The van der Waals surface area contributed by atoms with Gasteiger partial charge in [0.2, 0.25) is 0 Å². The van der Waals surface area contributed by atoms with E-state index in [1.165, 1.54) is 5.56 Å². The number of rotatable bonds is 6. The molecule has 6 heteroatoms. The molecular weight excluding hydrogens is 360 g/mol. The number of carbonyl (C=O) groups is 1. The highest BCUT2D eigenvalue weighted by atomic mass is 35.5. The summed E-state index contributed by atoms with van der Waals surface area (Å²) in [6, 6.07) is 15.5. The molecule has 1 aliphatic heterocycles. The van der Waals surface area contributed by atoms with Gasteiger partial charge in [0.25, 0.3) is 5.91 Å². The fourth-order valence-corrected chi connectivity index (χ4v) is 3.20. The summed E-state index contributed by atoms with van der Waals surface area (Å²) < 4.78 is 0. The molecule has 0 aliphatic carbocycles. The molecular formula is C21H29ClN4O. The molecule has 1 heterocycles. The summed E-state index contributed by atoms with van der Waals surface area (Å²) in [4.78, 5) is 17.1. The minimum Gasteiger partial charge on any atom is -0.399 e. The zero-order valence-corrected chi connectivity index (χ0v) is 16.7. The van der Waals surface area contributed by atoms with E-state index in [1.807, 2.05) is 0 Å². The Balaban J connectivity index is 0.00000261. The van der Waals surface area contributed by atoms with Crippen LogP contribution in [0.3, 0.4) is 0 Å². The first-order chi connectivity index (χ1) is 12.6. The third-order valence-corrected chi connectivity index (χ3v) is 4.97. The Morgan fingerprint density at radius 2 is 1.48 bits per heavy atom. The Morgan fingerprint density at radius 1 is 0.926 bits per heavy atom. The number of benzene rings is 2. The molecule has 1 fully saturated rings. The second kappa shape index (κ2) is 10.3. The largest absolute Gasteiger partial charge is 0.399 e. The van der Waals surface area contributed by atoms with Crippen molar-refractivity contribution in [1.29, 1.82) is 0 Å². The molecule has 0 radical (unpaired) electrons. The second-order valence-electron chi connectivity index (χ2n) is 6.83. The first kappa shape index (κ1) is 21.2. The van der Waals surface area contributed by atoms with Crippen LogP contribution in [-0.2, 0) is 13.1 Å². The van der Waals surface area contributed by atoms with Gasteiger partial charge < -0.3 is 16.0 Å². The maximum Gasteiger partial charge on any atom is 0.251 e. The van der Waals surface area contributed by atoms with E-state index in [0.29, 0.717) is 17.8 Å². The van der Waals surface area contributed by atoms with Crippen LogP contribution in [0.15, 0.2) is 48.5 Å². The Labute approximate surface area is 167 Å². The van der Waals surface area contributed by atoms with Gasteiger partial charge in [0, 0.05) is 50.5 Å². The van der Waals surface area contributed by atoms with Crippen LogP contribution < -0.4 is 11.1 Å². The number of amides is 1. The molecule has 1 amide bonds. The minimum absolute atomic E-state index is 0. The lowest BCUT2D eigenvalue weighted by atomic mass is 10.1. The molecule has 3 N–H and O–H groups in total. The van der Waals surface area contributed by atoms with Crippen LogP contribution in [0.5, 0.6) is 0 Å². The predicted octanol–water partition coefficient (Wildman–Crippen LogP) is 2.76. The SMILES string of the molecule is CCN1CCN(Cc2ccc(CNC(=O)c3ccc(N)cc3)cc2)CC1.Cl. The number of likely N-dealkylation sites (N-methyl/N-ethyl adjacent to an activating group) is 1. The van der Waals surface area contributed by atoms with E-state index in [9.17, 15) is 4.79 Å². The molecule has 0 unspecified atom stereocenters. The standard InChI is InChI=1S/C21H28N4O.ClH/c1-2-24-11-13-25(14-12-24)16-18-5-3-17(4-6-18)15-23-21(26)19-7-9-20(22)10-8-19;/h3-10H,2,11-16,22H2,1H3,(H,23,26);1H. The number of hydrogen-bond donors (Lipinski definition) is 2. The van der Waals surface area contributed by atoms with E-state index in [0.717, 1.165) is 44.8 Å². The van der Waals surface area contributed by atoms with Crippen molar-refractivity contribution in [1.82, 2.24) is 15.1 Å². The minimum atomic E-state index is -0.0807. The van der Waals surface area contributed by atoms with Gasteiger partial charge in [-0.05, 0) is 41.9 Å². The van der Waals surface area contributed by atoms with E-state index >= 15 is 0 Å². The zero-order chi connectivity index (χ0) is 18.4. The first-order valence-corrected chi connectivity index (χ1v) is 9.30. The first-order valence-electron chi connectivity index (χ1n) is 9.30. The van der Waals surface area contributed by atoms with Gasteiger partial charge in [0.05, 0.1) is 0 Å². The van der Waals surface area contributed by atoms with Crippen LogP contribution in [-0.4, -0.2) is 48.4 Å². The van der Waals surface area contributed by atoms with Crippen molar-refractivity contribution in [2.24, 2.45) is 0 Å². The molecule has 1 aliphatic rings. The summed E-state index contributed by atoms with van der Waals surface area (Å²) in [5.74, 6) is -0.0807. The second-order valence-corrected chi connectivity index (χ2v) is 6.83. The van der Waals surface area contributed by atoms with Crippen molar-refractivity contribution in [2.75, 3.05) is 38.5 Å². The highest BCUT2D eigenvalue weighted by Crippen LogP contribution is 2.11. The summed E-state index contributed by atoms with van der Waals surface area (Å²) in [5.41, 5.74) is 9.36. The van der Waals surface area contributed by atoms with E-state index in [4.69, 9.17) is 5.73 Å². The quantitative estimate of drug-likeness (QED) is 0.747. The fourth-order valence-electron chi connectivity index (χ4n) is 3.20. The smallest absolute Gasteiger partial charge is 0.251 e. The Bertz CT molecular complexity index is 710. The van der Waals surface area contributed by atoms with Gasteiger partial charge in [0.1, 0.15) is 0 Å². The van der Waals surface area contributed by atoms with Gasteiger partial charge in [-0.1, -0.05) is 31.2 Å². The fraction of sp³-hybridized carbons (Fsp3) is 0.381. The number of halogens is 1. The van der Waals surface area contributed by atoms with Crippen molar-refractivity contribution >= 4 is 24.0 Å². The van der Waals surface area contributed by atoms with Gasteiger partial charge in [-0.3, -0.25) is 9.69 Å². The van der Waals surface area contributed by atoms with E-state index in [-0.39, 0.29) is 18.3 Å². The number of nitrogens with zero attached hydrogens (tertiary/aromatic N) is 2. The summed E-state index contributed by atoms with van der Waals surface area (Å²) in [7, 11) is 0. The van der Waals surface area contributed by atoms with Crippen molar-refractivity contribution < 1.29 is 4.79 Å². The number of piperazine rings is 1. The molecule has 0 bridgehead atoms. The van der Waals surface area contributed by atoms with E-state index < -0.39 is 0 Å². The average Bonchev–Trinajstić information content (AvgIpc) is 2.68. The maximum absolute atomic E-state index is 12.1. The predicted molar refractivity (Wildman–Crippen MR) is 113 cm³/mol. The number of hydrogen-bond acceptors (Lipinski definition) is 4. The lowest BCUT2D eigenvalue weighted by Crippen LogP contribution is -2.45. The summed E-state index contributed by atoms with van der Waals surface area (Å²) >= 11 is 0. The van der Waals surface area contributed by atoms with Crippen LogP contribution in [0.2, 0.25) is 0 Å². The number of anilines is 1. The van der Waals surface area contributed by atoms with Crippen molar-refractivity contribution in [3.05, 3.63) is 65.2 Å². The molecule has 2 aromatic rings. The highest BCUT2D eigenvalue weighted by Gasteiger charge is 2.15. The van der Waals surface area contributed by atoms with Crippen LogP contribution in [0.1, 0.15) is 28.4 Å². The molecule has 0 saturated carbocycles. The summed E-state index contributed by atoms with van der Waals surface area (Å²) in [5, 5.41) is 2.95. The Kier molecular flexibility index (Phi) is 8.10. The van der Waals surface area contributed by atoms with Crippen molar-refractivity contribution in [3.8, 4) is 0 Å². The molecule has 2 aromatic carbocycles. The van der Waals surface area contributed by atoms with Gasteiger partial charge in [-0.25, -0.2) is 0 Å². The van der Waals surface area contributed by atoms with Gasteiger partial charge in [0.15, 0.2) is 0 Å². The summed E-state index contributed by atoms with van der Waals surface area (Å²) in [6.07, 6.45) is 0. The molecule has 0 atom stereocenters. The molecule has 0 aromatic heterocycles. The molecule has 27 heavy (non-hydrogen) atoms. The van der Waals surface area contributed by atoms with Crippen LogP contribution in [0.4, 0.5) is 5.69 Å². The Hall–Kier alpha value is -2.08. The third kappa shape index (κ3) is 6.24. The zero-order valence-electron chi connectivity index (χ0n) is 15.9. The molecule has 1 saturated heterocycles. The molecule has 5 nitrogen and oxygen atoms in total. The van der Waals surface area contributed by atoms with Crippen LogP contribution in [0.25, 0.3) is 0 Å². The monoisotopic (exact) mass is 388 g/mol.